The van der Waals surface area contributed by atoms with Gasteiger partial charge >= 0.3 is 21.7 Å². The molecule has 1 radical (unpaired) electrons. The van der Waals surface area contributed by atoms with E-state index in [1.54, 1.807) is 0 Å². The van der Waals surface area contributed by atoms with E-state index in [0.717, 1.165) is 0 Å². The normalized spacial score (nSPS) is 5.00. The second-order valence-corrected chi connectivity index (χ2v) is 0.962. The van der Waals surface area contributed by atoms with Crippen molar-refractivity contribution in [2.45, 2.75) is 0 Å². The van der Waals surface area contributed by atoms with Crippen molar-refractivity contribution in [3.05, 3.63) is 45.2 Å². The van der Waals surface area contributed by atoms with Gasteiger partial charge in [0.25, 0.3) is 0 Å². The van der Waals surface area contributed by atoms with Gasteiger partial charge < -0.3 is 14.9 Å². The van der Waals surface area contributed by atoms with E-state index in [2.05, 4.69) is 0 Å². The van der Waals surface area contributed by atoms with Gasteiger partial charge in [-0.25, -0.2) is 12.1 Å². The smallest absolute Gasteiger partial charge is 0.358 e. The molecule has 8 heavy (non-hydrogen) atoms. The van der Waals surface area contributed by atoms with E-state index in [1.807, 2.05) is 30.3 Å². The quantitative estimate of drug-likeness (QED) is 0.386. The molecule has 0 heterocycles. The van der Waals surface area contributed by atoms with E-state index < -0.39 is 0 Å². The van der Waals surface area contributed by atoms with Crippen molar-refractivity contribution in [1.29, 1.82) is 0 Å². The number of rotatable bonds is 0. The van der Waals surface area contributed by atoms with Gasteiger partial charge in [-0.3, -0.25) is 0 Å². The van der Waals surface area contributed by atoms with Crippen LogP contribution in [-0.4, -0.2) is 0 Å². The Morgan fingerprint density at radius 3 is 1.38 bits per heavy atom. The molecule has 1 aromatic rings. The minimum absolute atomic E-state index is 0. The molecule has 0 amide bonds. The Morgan fingerprint density at radius 2 is 1.25 bits per heavy atom. The first-order chi connectivity index (χ1) is 2.50. The Morgan fingerprint density at radius 1 is 0.875 bits per heavy atom. The summed E-state index contributed by atoms with van der Waals surface area (Å²) < 4.78 is 0. The van der Waals surface area contributed by atoms with Crippen molar-refractivity contribution in [3.63, 3.8) is 0 Å². The van der Waals surface area contributed by atoms with Crippen LogP contribution in [0.4, 0.5) is 0 Å². The molecule has 0 aliphatic heterocycles. The fraction of sp³-hybridized carbons (Fsp3) is 0. The van der Waals surface area contributed by atoms with Crippen molar-refractivity contribution in [2.24, 2.45) is 0 Å². The summed E-state index contributed by atoms with van der Waals surface area (Å²) in [5.74, 6) is 0. The first kappa shape index (κ1) is 15.7. The fourth-order valence-electron chi connectivity index (χ4n) is 0.321. The van der Waals surface area contributed by atoms with Crippen molar-refractivity contribution in [3.8, 4) is 0 Å². The van der Waals surface area contributed by atoms with Gasteiger partial charge in [0, 0.05) is 0 Å². The Kier molecular flexibility index (Phi) is 19.9. The minimum Gasteiger partial charge on any atom is -0.358 e. The predicted molar refractivity (Wildman–Crippen MR) is 34.9 cm³/mol. The summed E-state index contributed by atoms with van der Waals surface area (Å²) in [5, 5.41) is 0. The monoisotopic (exact) mass is 143 g/mol. The molecule has 0 aromatic heterocycles. The molecule has 0 saturated heterocycles. The van der Waals surface area contributed by atoms with Crippen LogP contribution < -0.4 is 0 Å². The van der Waals surface area contributed by atoms with Gasteiger partial charge in [-0.05, 0) is 0 Å². The second-order valence-electron chi connectivity index (χ2n) is 0.962. The molecule has 0 nitrogen and oxygen atoms in total. The van der Waals surface area contributed by atoms with Gasteiger partial charge in [0.2, 0.25) is 0 Å². The van der Waals surface area contributed by atoms with E-state index in [9.17, 15) is 0 Å². The molecule has 1 heteroatoms. The maximum absolute atomic E-state index is 2.00. The van der Waals surface area contributed by atoms with Gasteiger partial charge in [0.05, 0.1) is 0 Å². The summed E-state index contributed by atoms with van der Waals surface area (Å²) in [7, 11) is 0. The summed E-state index contributed by atoms with van der Waals surface area (Å²) >= 11 is 0. The molecule has 0 unspecified atom stereocenters. The van der Waals surface area contributed by atoms with Gasteiger partial charge in [-0.1, -0.05) is 0 Å². The second kappa shape index (κ2) is 10.1. The zero-order chi connectivity index (χ0) is 3.54. The third-order valence-corrected chi connectivity index (χ3v) is 0.556. The molecular formula is C7H11Ti. The fourth-order valence-corrected chi connectivity index (χ4v) is 0.321. The minimum atomic E-state index is 0. The number of hydrogen-bond donors (Lipinski definition) is 0. The van der Waals surface area contributed by atoms with Crippen molar-refractivity contribution in [2.75, 3.05) is 0 Å². The van der Waals surface area contributed by atoms with Crippen LogP contribution in [0.1, 0.15) is 0 Å². The van der Waals surface area contributed by atoms with Gasteiger partial charge in [0.15, 0.2) is 0 Å². The Hall–Kier alpha value is 0.0643. The molecule has 0 bridgehead atoms. The van der Waals surface area contributed by atoms with E-state index in [0.29, 0.717) is 0 Å². The molecule has 0 fully saturated rings. The van der Waals surface area contributed by atoms with Crippen molar-refractivity contribution < 1.29 is 21.7 Å². The maximum Gasteiger partial charge on any atom is 3.00 e. The summed E-state index contributed by atoms with van der Waals surface area (Å²) in [6.07, 6.45) is 0. The average molecular weight is 143 g/mol. The molecule has 43 valence electrons. The molecule has 0 saturated carbocycles. The predicted octanol–water partition coefficient (Wildman–Crippen LogP) is 2.30. The molecule has 0 aliphatic rings. The van der Waals surface area contributed by atoms with Gasteiger partial charge in [-0.2, -0.15) is 18.2 Å². The van der Waals surface area contributed by atoms with Gasteiger partial charge in [0.1, 0.15) is 0 Å². The number of hydrogen-bond acceptors (Lipinski definition) is 0. The summed E-state index contributed by atoms with van der Waals surface area (Å²) in [6.45, 7) is 0. The summed E-state index contributed by atoms with van der Waals surface area (Å²) in [6, 6.07) is 10.0. The topological polar surface area (TPSA) is 0 Å². The summed E-state index contributed by atoms with van der Waals surface area (Å²) in [5.41, 5.74) is 0. The first-order valence-electron chi connectivity index (χ1n) is 1.67. The van der Waals surface area contributed by atoms with Gasteiger partial charge in [-0.15, -0.1) is 0 Å². The SMILES string of the molecule is [CH3-].[CH3-].[Ti+3].c1cc[cH-]c1. The molecule has 1 aromatic carbocycles. The zero-order valence-corrected chi connectivity index (χ0v) is 6.95. The van der Waals surface area contributed by atoms with E-state index in [4.69, 9.17) is 0 Å². The van der Waals surface area contributed by atoms with Crippen LogP contribution in [-0.2, 0) is 21.7 Å². The third-order valence-electron chi connectivity index (χ3n) is 0.556. The van der Waals surface area contributed by atoms with Crippen LogP contribution in [0.5, 0.6) is 0 Å². The molecule has 0 N–H and O–H groups in total. The van der Waals surface area contributed by atoms with Crippen molar-refractivity contribution >= 4 is 0 Å². The molecule has 0 aliphatic carbocycles. The Balaban J connectivity index is -0.0000000833. The molecule has 0 atom stereocenters. The largest absolute Gasteiger partial charge is 3.00 e. The zero-order valence-electron chi connectivity index (χ0n) is 5.39. The van der Waals surface area contributed by atoms with Crippen LogP contribution >= 0.6 is 0 Å². The Labute approximate surface area is 67.2 Å². The van der Waals surface area contributed by atoms with E-state index in [-0.39, 0.29) is 36.6 Å². The maximum atomic E-state index is 2.00. The average Bonchev–Trinajstić information content (AvgIpc) is 1.76. The van der Waals surface area contributed by atoms with Crippen LogP contribution in [0.25, 0.3) is 0 Å². The molecule has 1 rings (SSSR count). The van der Waals surface area contributed by atoms with Crippen LogP contribution in [0.3, 0.4) is 0 Å². The van der Waals surface area contributed by atoms with Crippen LogP contribution in [0.2, 0.25) is 0 Å². The van der Waals surface area contributed by atoms with Crippen LogP contribution in [0, 0.1) is 14.9 Å². The molecule has 0 spiro atoms. The van der Waals surface area contributed by atoms with E-state index >= 15 is 0 Å². The molecular weight excluding hydrogens is 132 g/mol. The first-order valence-corrected chi connectivity index (χ1v) is 1.67. The third kappa shape index (κ3) is 6.06. The van der Waals surface area contributed by atoms with Crippen LogP contribution in [0.15, 0.2) is 30.3 Å². The summed E-state index contributed by atoms with van der Waals surface area (Å²) in [4.78, 5) is 0. The standard InChI is InChI=1S/C5H5.2CH3.Ti/c1-2-4-5-3-1;;;/h1-5H;2*1H3;/q3*-1;+3. The van der Waals surface area contributed by atoms with Crippen molar-refractivity contribution in [1.82, 2.24) is 0 Å². The van der Waals surface area contributed by atoms with E-state index in [1.165, 1.54) is 0 Å². The Bertz CT molecular complexity index is 60.9.